The van der Waals surface area contributed by atoms with E-state index in [1.54, 1.807) is 19.9 Å². The van der Waals surface area contributed by atoms with Crippen LogP contribution in [0.2, 0.25) is 0 Å². The lowest BCUT2D eigenvalue weighted by molar-refractivity contribution is 0.0823. The van der Waals surface area contributed by atoms with Crippen LogP contribution in [0.5, 0.6) is 11.5 Å². The van der Waals surface area contributed by atoms with Crippen LogP contribution in [0.15, 0.2) is 6.07 Å². The Hall–Kier alpha value is -1.55. The van der Waals surface area contributed by atoms with Gasteiger partial charge in [-0.25, -0.2) is 0 Å². The van der Waals surface area contributed by atoms with Crippen LogP contribution >= 0.6 is 0 Å². The number of hydrogen-bond donors (Lipinski definition) is 2. The van der Waals surface area contributed by atoms with Crippen molar-refractivity contribution in [1.82, 2.24) is 0 Å². The Morgan fingerprint density at radius 3 is 2.83 bits per heavy atom. The number of ether oxygens (including phenoxy) is 1. The standard InChI is InChI=1S/C14H18O4/c1-8-6-11-12(16)7-10(4-3-5-15)18-14(11)9(2)13(8)17/h6,10,15,17H,3-5,7H2,1-2H3/t10-/m0/s1. The van der Waals surface area contributed by atoms with Crippen molar-refractivity contribution in [2.45, 2.75) is 39.2 Å². The lowest BCUT2D eigenvalue weighted by atomic mass is 9.94. The highest BCUT2D eigenvalue weighted by molar-refractivity contribution is 6.01. The van der Waals surface area contributed by atoms with Gasteiger partial charge in [0.05, 0.1) is 5.56 Å². The van der Waals surface area contributed by atoms with Gasteiger partial charge in [0.25, 0.3) is 0 Å². The number of aliphatic hydroxyl groups is 1. The van der Waals surface area contributed by atoms with E-state index in [9.17, 15) is 9.90 Å². The Kier molecular flexibility index (Phi) is 3.57. The molecule has 1 atom stereocenters. The summed E-state index contributed by atoms with van der Waals surface area (Å²) in [5.74, 6) is 0.729. The molecule has 0 aliphatic carbocycles. The van der Waals surface area contributed by atoms with E-state index in [0.717, 1.165) is 0 Å². The number of carbonyl (C=O) groups excluding carboxylic acids is 1. The maximum Gasteiger partial charge on any atom is 0.170 e. The molecule has 0 aromatic heterocycles. The fraction of sp³-hybridized carbons (Fsp3) is 0.500. The fourth-order valence-electron chi connectivity index (χ4n) is 2.32. The maximum atomic E-state index is 12.1. The second-order valence-corrected chi connectivity index (χ2v) is 4.78. The minimum absolute atomic E-state index is 0.0467. The molecular formula is C14H18O4. The van der Waals surface area contributed by atoms with Crippen LogP contribution in [0.3, 0.4) is 0 Å². The predicted molar refractivity (Wildman–Crippen MR) is 67.3 cm³/mol. The summed E-state index contributed by atoms with van der Waals surface area (Å²) in [5.41, 5.74) is 1.87. The molecule has 0 spiro atoms. The molecule has 2 rings (SSSR count). The van der Waals surface area contributed by atoms with Crippen molar-refractivity contribution in [3.8, 4) is 11.5 Å². The number of phenols is 1. The summed E-state index contributed by atoms with van der Waals surface area (Å²) < 4.78 is 5.78. The molecule has 0 unspecified atom stereocenters. The number of phenolic OH excluding ortho intramolecular Hbond substituents is 1. The summed E-state index contributed by atoms with van der Waals surface area (Å²) >= 11 is 0. The van der Waals surface area contributed by atoms with Crippen molar-refractivity contribution in [1.29, 1.82) is 0 Å². The Balaban J connectivity index is 2.34. The zero-order chi connectivity index (χ0) is 13.3. The van der Waals surface area contributed by atoms with E-state index in [-0.39, 0.29) is 24.2 Å². The van der Waals surface area contributed by atoms with Crippen molar-refractivity contribution in [3.05, 3.63) is 22.8 Å². The highest BCUT2D eigenvalue weighted by Gasteiger charge is 2.29. The van der Waals surface area contributed by atoms with Crippen LogP contribution in [-0.4, -0.2) is 28.7 Å². The number of rotatable bonds is 3. The van der Waals surface area contributed by atoms with E-state index in [4.69, 9.17) is 9.84 Å². The molecule has 0 fully saturated rings. The number of benzene rings is 1. The first-order chi connectivity index (χ1) is 8.54. The molecule has 1 aromatic carbocycles. The number of aliphatic hydroxyl groups excluding tert-OH is 1. The average molecular weight is 250 g/mol. The summed E-state index contributed by atoms with van der Waals surface area (Å²) in [5, 5.41) is 18.7. The van der Waals surface area contributed by atoms with Gasteiger partial charge in [0.15, 0.2) is 5.78 Å². The molecule has 1 aromatic rings. The van der Waals surface area contributed by atoms with E-state index >= 15 is 0 Å². The number of hydrogen-bond acceptors (Lipinski definition) is 4. The van der Waals surface area contributed by atoms with Crippen molar-refractivity contribution in [2.75, 3.05) is 6.61 Å². The molecule has 0 amide bonds. The molecule has 1 heterocycles. The smallest absolute Gasteiger partial charge is 0.170 e. The number of aryl methyl sites for hydroxylation is 1. The summed E-state index contributed by atoms with van der Waals surface area (Å²) in [6.45, 7) is 3.62. The van der Waals surface area contributed by atoms with Crippen LogP contribution in [0.1, 0.15) is 40.7 Å². The van der Waals surface area contributed by atoms with Crippen LogP contribution in [-0.2, 0) is 0 Å². The number of ketones is 1. The van der Waals surface area contributed by atoms with Crippen LogP contribution in [0.25, 0.3) is 0 Å². The van der Waals surface area contributed by atoms with E-state index in [2.05, 4.69) is 0 Å². The minimum atomic E-state index is -0.196. The number of Topliss-reactive ketones (excluding diaryl/α,β-unsaturated/α-hetero) is 1. The summed E-state index contributed by atoms with van der Waals surface area (Å²) in [6, 6.07) is 1.68. The second kappa shape index (κ2) is 4.98. The van der Waals surface area contributed by atoms with Crippen molar-refractivity contribution in [3.63, 3.8) is 0 Å². The van der Waals surface area contributed by atoms with Gasteiger partial charge in [-0.15, -0.1) is 0 Å². The van der Waals surface area contributed by atoms with E-state index in [0.29, 0.717) is 41.7 Å². The van der Waals surface area contributed by atoms with Gasteiger partial charge in [-0.05, 0) is 38.3 Å². The van der Waals surface area contributed by atoms with Gasteiger partial charge in [-0.2, -0.15) is 0 Å². The van der Waals surface area contributed by atoms with Gasteiger partial charge in [-0.3, -0.25) is 4.79 Å². The highest BCUT2D eigenvalue weighted by atomic mass is 16.5. The van der Waals surface area contributed by atoms with E-state index in [1.165, 1.54) is 0 Å². The first kappa shape index (κ1) is 12.9. The third kappa shape index (κ3) is 2.20. The van der Waals surface area contributed by atoms with Gasteiger partial charge in [0.2, 0.25) is 0 Å². The molecule has 0 radical (unpaired) electrons. The molecule has 1 aliphatic rings. The molecule has 0 saturated heterocycles. The number of carbonyl (C=O) groups is 1. The van der Waals surface area contributed by atoms with Crippen LogP contribution < -0.4 is 4.74 Å². The Morgan fingerprint density at radius 1 is 1.44 bits per heavy atom. The predicted octanol–water partition coefficient (Wildman–Crippen LogP) is 2.12. The van der Waals surface area contributed by atoms with Gasteiger partial charge in [-0.1, -0.05) is 0 Å². The zero-order valence-electron chi connectivity index (χ0n) is 10.7. The molecule has 0 bridgehead atoms. The summed E-state index contributed by atoms with van der Waals surface area (Å²) in [4.78, 5) is 12.1. The van der Waals surface area contributed by atoms with Crippen LogP contribution in [0, 0.1) is 13.8 Å². The number of fused-ring (bicyclic) bond motifs is 1. The quantitative estimate of drug-likeness (QED) is 0.862. The number of aromatic hydroxyl groups is 1. The van der Waals surface area contributed by atoms with Gasteiger partial charge in [0.1, 0.15) is 17.6 Å². The molecular weight excluding hydrogens is 232 g/mol. The van der Waals surface area contributed by atoms with Crippen molar-refractivity contribution >= 4 is 5.78 Å². The first-order valence-corrected chi connectivity index (χ1v) is 6.18. The normalized spacial score (nSPS) is 18.4. The molecule has 18 heavy (non-hydrogen) atoms. The molecule has 98 valence electrons. The fourth-order valence-corrected chi connectivity index (χ4v) is 2.32. The van der Waals surface area contributed by atoms with E-state index in [1.807, 2.05) is 0 Å². The van der Waals surface area contributed by atoms with Gasteiger partial charge >= 0.3 is 0 Å². The Morgan fingerprint density at radius 2 is 2.17 bits per heavy atom. The SMILES string of the molecule is Cc1cc2c(c(C)c1O)O[C@@H](CCCO)CC2=O. The largest absolute Gasteiger partial charge is 0.507 e. The van der Waals surface area contributed by atoms with Crippen molar-refractivity contribution in [2.24, 2.45) is 0 Å². The molecule has 1 aliphatic heterocycles. The third-order valence-corrected chi connectivity index (χ3v) is 3.36. The molecule has 0 saturated carbocycles. The summed E-state index contributed by atoms with van der Waals surface area (Å²) in [7, 11) is 0. The highest BCUT2D eigenvalue weighted by Crippen LogP contribution is 2.38. The van der Waals surface area contributed by atoms with Crippen LogP contribution in [0.4, 0.5) is 0 Å². The van der Waals surface area contributed by atoms with Gasteiger partial charge in [0, 0.05) is 18.6 Å². The average Bonchev–Trinajstić information content (AvgIpc) is 2.35. The first-order valence-electron chi connectivity index (χ1n) is 6.18. The molecule has 4 heteroatoms. The molecule has 2 N–H and O–H groups in total. The third-order valence-electron chi connectivity index (χ3n) is 3.36. The Bertz CT molecular complexity index is 479. The summed E-state index contributed by atoms with van der Waals surface area (Å²) in [6.07, 6.45) is 1.41. The van der Waals surface area contributed by atoms with Crippen molar-refractivity contribution < 1.29 is 19.7 Å². The topological polar surface area (TPSA) is 66.8 Å². The maximum absolute atomic E-state index is 12.1. The lowest BCUT2D eigenvalue weighted by Gasteiger charge is -2.27. The lowest BCUT2D eigenvalue weighted by Crippen LogP contribution is -2.27. The zero-order valence-corrected chi connectivity index (χ0v) is 10.7. The Labute approximate surface area is 106 Å². The monoisotopic (exact) mass is 250 g/mol. The van der Waals surface area contributed by atoms with E-state index < -0.39 is 0 Å². The second-order valence-electron chi connectivity index (χ2n) is 4.78. The van der Waals surface area contributed by atoms with Gasteiger partial charge < -0.3 is 14.9 Å². The minimum Gasteiger partial charge on any atom is -0.507 e. The molecule has 4 nitrogen and oxygen atoms in total.